The van der Waals surface area contributed by atoms with Crippen molar-refractivity contribution in [2.24, 2.45) is 15.4 Å². The average molecular weight is 399 g/mol. The molecular formula is C23H30N2O4. The molecule has 0 aliphatic heterocycles. The lowest BCUT2D eigenvalue weighted by Crippen LogP contribution is -2.19. The van der Waals surface area contributed by atoms with Crippen LogP contribution in [0.4, 0.5) is 0 Å². The van der Waals surface area contributed by atoms with Crippen molar-refractivity contribution >= 4 is 12.4 Å². The van der Waals surface area contributed by atoms with Crippen molar-refractivity contribution in [2.75, 3.05) is 26.3 Å². The third kappa shape index (κ3) is 7.14. The molecule has 2 aromatic carbocycles. The average Bonchev–Trinajstić information content (AvgIpc) is 2.66. The number of hydrogen-bond acceptors (Lipinski definition) is 6. The first-order valence-electron chi connectivity index (χ1n) is 9.76. The van der Waals surface area contributed by atoms with E-state index >= 15 is 0 Å². The first-order valence-corrected chi connectivity index (χ1v) is 9.76. The molecule has 156 valence electrons. The van der Waals surface area contributed by atoms with Gasteiger partial charge in [-0.1, -0.05) is 13.8 Å². The van der Waals surface area contributed by atoms with Gasteiger partial charge in [0.2, 0.25) is 0 Å². The molecule has 2 aromatic rings. The van der Waals surface area contributed by atoms with Crippen molar-refractivity contribution in [1.82, 2.24) is 0 Å². The van der Waals surface area contributed by atoms with E-state index in [1.807, 2.05) is 26.0 Å². The third-order valence-electron chi connectivity index (χ3n) is 4.13. The normalized spacial score (nSPS) is 12.0. The fourth-order valence-corrected chi connectivity index (χ4v) is 2.61. The summed E-state index contributed by atoms with van der Waals surface area (Å²) in [5, 5.41) is 20.1. The molecule has 2 rings (SSSR count). The van der Waals surface area contributed by atoms with E-state index in [2.05, 4.69) is 23.8 Å². The van der Waals surface area contributed by atoms with E-state index in [1.54, 1.807) is 36.7 Å². The summed E-state index contributed by atoms with van der Waals surface area (Å²) in [6.07, 6.45) is 3.32. The fourth-order valence-electron chi connectivity index (χ4n) is 2.61. The zero-order valence-electron chi connectivity index (χ0n) is 17.6. The number of nitrogens with zero attached hydrogens (tertiary/aromatic N) is 2. The Balaban J connectivity index is 1.93. The Morgan fingerprint density at radius 1 is 0.793 bits per heavy atom. The number of ether oxygens (including phenoxy) is 2. The van der Waals surface area contributed by atoms with Crippen LogP contribution in [-0.4, -0.2) is 48.9 Å². The lowest BCUT2D eigenvalue weighted by Gasteiger charge is -2.19. The van der Waals surface area contributed by atoms with Gasteiger partial charge in [-0.15, -0.1) is 0 Å². The highest BCUT2D eigenvalue weighted by atomic mass is 16.5. The summed E-state index contributed by atoms with van der Waals surface area (Å²) in [5.74, 6) is 1.55. The quantitative estimate of drug-likeness (QED) is 0.579. The number of aromatic hydroxyl groups is 2. The summed E-state index contributed by atoms with van der Waals surface area (Å²) in [7, 11) is 0. The lowest BCUT2D eigenvalue weighted by molar-refractivity contribution is 0.337. The number of benzene rings is 2. The van der Waals surface area contributed by atoms with Gasteiger partial charge >= 0.3 is 0 Å². The smallest absolute Gasteiger partial charge is 0.128 e. The molecule has 0 unspecified atom stereocenters. The molecule has 6 nitrogen and oxygen atoms in total. The van der Waals surface area contributed by atoms with Gasteiger partial charge in [-0.25, -0.2) is 0 Å². The molecule has 0 fully saturated rings. The fraction of sp³-hybridized carbons (Fsp3) is 0.391. The van der Waals surface area contributed by atoms with E-state index < -0.39 is 0 Å². The summed E-state index contributed by atoms with van der Waals surface area (Å²) in [6.45, 7) is 10.1. The Labute approximate surface area is 172 Å². The number of phenolic OH excluding ortho intramolecular Hbond substituents is 2. The maximum Gasteiger partial charge on any atom is 0.128 e. The van der Waals surface area contributed by atoms with Crippen LogP contribution >= 0.6 is 0 Å². The molecular weight excluding hydrogens is 368 g/mol. The van der Waals surface area contributed by atoms with E-state index in [9.17, 15) is 10.2 Å². The SMILES string of the molecule is CCOc1ccc(C=NCC(C)(C)CN=Cc2ccc(OCC)cc2O)c(O)c1. The highest BCUT2D eigenvalue weighted by Crippen LogP contribution is 2.24. The van der Waals surface area contributed by atoms with E-state index in [4.69, 9.17) is 9.47 Å². The van der Waals surface area contributed by atoms with Crippen LogP contribution < -0.4 is 9.47 Å². The standard InChI is InChI=1S/C23H30N2O4/c1-5-28-19-9-7-17(21(26)11-19)13-24-15-23(3,4)16-25-14-18-8-10-20(29-6-2)12-22(18)27/h7-14,26-27H,5-6,15-16H2,1-4H3. The van der Waals surface area contributed by atoms with Gasteiger partial charge in [0.15, 0.2) is 0 Å². The molecule has 0 saturated heterocycles. The second-order valence-electron chi connectivity index (χ2n) is 7.41. The monoisotopic (exact) mass is 398 g/mol. The number of rotatable bonds is 10. The minimum Gasteiger partial charge on any atom is -0.507 e. The van der Waals surface area contributed by atoms with Crippen LogP contribution in [0.1, 0.15) is 38.8 Å². The molecule has 0 heterocycles. The summed E-state index contributed by atoms with van der Waals surface area (Å²) in [6, 6.07) is 10.4. The highest BCUT2D eigenvalue weighted by Gasteiger charge is 2.16. The molecule has 0 aromatic heterocycles. The van der Waals surface area contributed by atoms with E-state index in [-0.39, 0.29) is 16.9 Å². The molecule has 0 atom stereocenters. The van der Waals surface area contributed by atoms with Crippen LogP contribution in [0, 0.1) is 5.41 Å². The van der Waals surface area contributed by atoms with Gasteiger partial charge in [-0.2, -0.15) is 0 Å². The van der Waals surface area contributed by atoms with E-state index in [0.717, 1.165) is 0 Å². The Morgan fingerprint density at radius 2 is 1.21 bits per heavy atom. The van der Waals surface area contributed by atoms with Gasteiger partial charge in [0.25, 0.3) is 0 Å². The maximum absolute atomic E-state index is 10.1. The minimum atomic E-state index is -0.172. The zero-order valence-corrected chi connectivity index (χ0v) is 17.6. The van der Waals surface area contributed by atoms with E-state index in [1.165, 1.54) is 0 Å². The first kappa shape index (κ1) is 22.3. The van der Waals surface area contributed by atoms with Crippen molar-refractivity contribution in [3.05, 3.63) is 47.5 Å². The van der Waals surface area contributed by atoms with Gasteiger partial charge in [0.05, 0.1) is 13.2 Å². The maximum atomic E-state index is 10.1. The minimum absolute atomic E-state index is 0.140. The number of phenols is 2. The van der Waals surface area contributed by atoms with Crippen LogP contribution in [-0.2, 0) is 0 Å². The molecule has 0 amide bonds. The van der Waals surface area contributed by atoms with Crippen LogP contribution in [0.5, 0.6) is 23.0 Å². The zero-order chi connectivity index (χ0) is 21.3. The van der Waals surface area contributed by atoms with Crippen LogP contribution in [0.25, 0.3) is 0 Å². The van der Waals surface area contributed by atoms with Gasteiger partial charge < -0.3 is 19.7 Å². The second-order valence-corrected chi connectivity index (χ2v) is 7.41. The Hall–Kier alpha value is -3.02. The van der Waals surface area contributed by atoms with Crippen LogP contribution in [0.3, 0.4) is 0 Å². The summed E-state index contributed by atoms with van der Waals surface area (Å²) >= 11 is 0. The predicted molar refractivity (Wildman–Crippen MR) is 117 cm³/mol. The first-order chi connectivity index (χ1) is 13.8. The van der Waals surface area contributed by atoms with E-state index in [0.29, 0.717) is 48.9 Å². The number of aliphatic imine (C=N–C) groups is 2. The molecule has 0 radical (unpaired) electrons. The van der Waals surface area contributed by atoms with Crippen molar-refractivity contribution in [2.45, 2.75) is 27.7 Å². The second kappa shape index (κ2) is 10.5. The molecule has 0 bridgehead atoms. The third-order valence-corrected chi connectivity index (χ3v) is 4.13. The highest BCUT2D eigenvalue weighted by molar-refractivity contribution is 5.84. The summed E-state index contributed by atoms with van der Waals surface area (Å²) in [5.41, 5.74) is 1.12. The molecule has 0 aliphatic rings. The van der Waals surface area contributed by atoms with Crippen molar-refractivity contribution in [3.63, 3.8) is 0 Å². The lowest BCUT2D eigenvalue weighted by atomic mass is 9.94. The number of hydrogen-bond donors (Lipinski definition) is 2. The predicted octanol–water partition coefficient (Wildman–Crippen LogP) is 4.46. The Morgan fingerprint density at radius 3 is 1.55 bits per heavy atom. The van der Waals surface area contributed by atoms with Crippen molar-refractivity contribution in [3.8, 4) is 23.0 Å². The van der Waals surface area contributed by atoms with Gasteiger partial charge in [-0.05, 0) is 38.1 Å². The summed E-state index contributed by atoms with van der Waals surface area (Å²) in [4.78, 5) is 8.92. The molecule has 0 aliphatic carbocycles. The molecule has 2 N–H and O–H groups in total. The van der Waals surface area contributed by atoms with Gasteiger partial charge in [-0.3, -0.25) is 9.98 Å². The van der Waals surface area contributed by atoms with Crippen molar-refractivity contribution < 1.29 is 19.7 Å². The van der Waals surface area contributed by atoms with Crippen LogP contribution in [0.15, 0.2) is 46.4 Å². The molecule has 6 heteroatoms. The van der Waals surface area contributed by atoms with Gasteiger partial charge in [0.1, 0.15) is 23.0 Å². The largest absolute Gasteiger partial charge is 0.507 e. The molecule has 0 saturated carbocycles. The Kier molecular flexibility index (Phi) is 8.07. The van der Waals surface area contributed by atoms with Gasteiger partial charge in [0, 0.05) is 54.2 Å². The Bertz CT molecular complexity index is 790. The van der Waals surface area contributed by atoms with Crippen molar-refractivity contribution in [1.29, 1.82) is 0 Å². The summed E-state index contributed by atoms with van der Waals surface area (Å²) < 4.78 is 10.7. The molecule has 0 spiro atoms. The molecule has 29 heavy (non-hydrogen) atoms. The topological polar surface area (TPSA) is 83.6 Å². The van der Waals surface area contributed by atoms with Crippen LogP contribution in [0.2, 0.25) is 0 Å².